The molecule has 1 aliphatic rings. The Bertz CT molecular complexity index is 394. The number of oxime groups is 1. The molecule has 0 radical (unpaired) electrons. The molecule has 2 heteroatoms. The SMILES string of the molecule is CCCCON=Cc1cccc(C2CCCCC2)c1. The van der Waals surface area contributed by atoms with E-state index in [1.54, 1.807) is 0 Å². The highest BCUT2D eigenvalue weighted by Crippen LogP contribution is 2.32. The van der Waals surface area contributed by atoms with Gasteiger partial charge in [-0.1, -0.05) is 56.0 Å². The van der Waals surface area contributed by atoms with Gasteiger partial charge in [-0.2, -0.15) is 0 Å². The van der Waals surface area contributed by atoms with Gasteiger partial charge in [-0.3, -0.25) is 0 Å². The maximum absolute atomic E-state index is 5.23. The molecule has 2 rings (SSSR count). The second kappa shape index (κ2) is 7.98. The van der Waals surface area contributed by atoms with Crippen molar-refractivity contribution in [1.29, 1.82) is 0 Å². The summed E-state index contributed by atoms with van der Waals surface area (Å²) in [6, 6.07) is 8.75. The molecule has 0 bridgehead atoms. The van der Waals surface area contributed by atoms with Gasteiger partial charge < -0.3 is 4.84 Å². The summed E-state index contributed by atoms with van der Waals surface area (Å²) in [6.45, 7) is 2.87. The van der Waals surface area contributed by atoms with Crippen LogP contribution in [0.2, 0.25) is 0 Å². The fraction of sp³-hybridized carbons (Fsp3) is 0.588. The van der Waals surface area contributed by atoms with Crippen LogP contribution in [0.25, 0.3) is 0 Å². The quantitative estimate of drug-likeness (QED) is 0.405. The van der Waals surface area contributed by atoms with E-state index in [1.807, 2.05) is 6.21 Å². The lowest BCUT2D eigenvalue weighted by Gasteiger charge is -2.22. The number of rotatable bonds is 6. The molecule has 1 saturated carbocycles. The first kappa shape index (κ1) is 14.1. The van der Waals surface area contributed by atoms with E-state index in [9.17, 15) is 0 Å². The van der Waals surface area contributed by atoms with Crippen LogP contribution in [0.1, 0.15) is 68.9 Å². The minimum absolute atomic E-state index is 0.718. The van der Waals surface area contributed by atoms with Gasteiger partial charge in [-0.25, -0.2) is 0 Å². The molecule has 104 valence electrons. The second-order valence-corrected chi connectivity index (χ2v) is 5.43. The molecule has 0 atom stereocenters. The average molecular weight is 259 g/mol. The summed E-state index contributed by atoms with van der Waals surface area (Å²) in [6.07, 6.45) is 10.9. The normalized spacial score (nSPS) is 16.9. The van der Waals surface area contributed by atoms with E-state index in [4.69, 9.17) is 4.84 Å². The van der Waals surface area contributed by atoms with Gasteiger partial charge >= 0.3 is 0 Å². The Morgan fingerprint density at radius 1 is 1.26 bits per heavy atom. The molecule has 2 nitrogen and oxygen atoms in total. The van der Waals surface area contributed by atoms with Crippen molar-refractivity contribution in [1.82, 2.24) is 0 Å². The molecule has 1 aromatic carbocycles. The van der Waals surface area contributed by atoms with Gasteiger partial charge in [0, 0.05) is 0 Å². The van der Waals surface area contributed by atoms with Crippen molar-refractivity contribution in [2.75, 3.05) is 6.61 Å². The molecule has 19 heavy (non-hydrogen) atoms. The summed E-state index contributed by atoms with van der Waals surface area (Å²) in [5, 5.41) is 4.04. The van der Waals surface area contributed by atoms with Crippen molar-refractivity contribution in [3.63, 3.8) is 0 Å². The van der Waals surface area contributed by atoms with Crippen molar-refractivity contribution in [2.24, 2.45) is 5.16 Å². The highest BCUT2D eigenvalue weighted by Gasteiger charge is 2.15. The van der Waals surface area contributed by atoms with E-state index in [0.29, 0.717) is 0 Å². The van der Waals surface area contributed by atoms with Crippen molar-refractivity contribution in [3.05, 3.63) is 35.4 Å². The van der Waals surface area contributed by atoms with E-state index >= 15 is 0 Å². The average Bonchev–Trinajstić information content (AvgIpc) is 2.48. The number of hydrogen-bond acceptors (Lipinski definition) is 2. The Balaban J connectivity index is 1.90. The molecule has 0 spiro atoms. The van der Waals surface area contributed by atoms with Gasteiger partial charge in [0.05, 0.1) is 6.21 Å². The van der Waals surface area contributed by atoms with E-state index in [0.717, 1.165) is 30.9 Å². The van der Waals surface area contributed by atoms with Crippen molar-refractivity contribution < 1.29 is 4.84 Å². The van der Waals surface area contributed by atoms with Crippen LogP contribution in [0.3, 0.4) is 0 Å². The van der Waals surface area contributed by atoms with Gasteiger partial charge in [-0.05, 0) is 42.4 Å². The number of hydrogen-bond donors (Lipinski definition) is 0. The fourth-order valence-corrected chi connectivity index (χ4v) is 2.69. The van der Waals surface area contributed by atoms with E-state index in [2.05, 4.69) is 36.3 Å². The van der Waals surface area contributed by atoms with Crippen LogP contribution in [0, 0.1) is 0 Å². The molecule has 1 aromatic rings. The van der Waals surface area contributed by atoms with E-state index < -0.39 is 0 Å². The zero-order chi connectivity index (χ0) is 13.3. The fourth-order valence-electron chi connectivity index (χ4n) is 2.69. The molecule has 0 N–H and O–H groups in total. The summed E-state index contributed by atoms with van der Waals surface area (Å²) >= 11 is 0. The predicted molar refractivity (Wildman–Crippen MR) is 80.7 cm³/mol. The zero-order valence-electron chi connectivity index (χ0n) is 12.0. The first-order valence-electron chi connectivity index (χ1n) is 7.65. The third-order valence-corrected chi connectivity index (χ3v) is 3.85. The second-order valence-electron chi connectivity index (χ2n) is 5.43. The lowest BCUT2D eigenvalue weighted by atomic mass is 9.84. The first-order chi connectivity index (χ1) is 9.40. The highest BCUT2D eigenvalue weighted by molar-refractivity contribution is 5.79. The first-order valence-corrected chi connectivity index (χ1v) is 7.65. The lowest BCUT2D eigenvalue weighted by molar-refractivity contribution is 0.143. The van der Waals surface area contributed by atoms with Crippen LogP contribution in [0.15, 0.2) is 29.4 Å². The summed E-state index contributed by atoms with van der Waals surface area (Å²) in [5.74, 6) is 0.753. The van der Waals surface area contributed by atoms with Crippen molar-refractivity contribution >= 4 is 6.21 Å². The molecule has 1 fully saturated rings. The number of unbranched alkanes of at least 4 members (excludes halogenated alkanes) is 1. The molecule has 1 aliphatic carbocycles. The third-order valence-electron chi connectivity index (χ3n) is 3.85. The van der Waals surface area contributed by atoms with Crippen molar-refractivity contribution in [3.8, 4) is 0 Å². The monoisotopic (exact) mass is 259 g/mol. The maximum Gasteiger partial charge on any atom is 0.117 e. The minimum Gasteiger partial charge on any atom is -0.396 e. The Kier molecular flexibility index (Phi) is 5.93. The number of nitrogens with zero attached hydrogens (tertiary/aromatic N) is 1. The van der Waals surface area contributed by atoms with Crippen LogP contribution in [0.5, 0.6) is 0 Å². The molecule has 0 aromatic heterocycles. The molecule has 0 heterocycles. The van der Waals surface area contributed by atoms with Crippen LogP contribution in [-0.4, -0.2) is 12.8 Å². The minimum atomic E-state index is 0.718. The Morgan fingerprint density at radius 3 is 2.89 bits per heavy atom. The van der Waals surface area contributed by atoms with Crippen LogP contribution < -0.4 is 0 Å². The van der Waals surface area contributed by atoms with Crippen LogP contribution in [-0.2, 0) is 4.84 Å². The topological polar surface area (TPSA) is 21.6 Å². The zero-order valence-corrected chi connectivity index (χ0v) is 12.0. The molecule has 0 amide bonds. The molecular formula is C17H25NO. The van der Waals surface area contributed by atoms with Gasteiger partial charge in [0.1, 0.15) is 6.61 Å². The molecular weight excluding hydrogens is 234 g/mol. The summed E-state index contributed by atoms with van der Waals surface area (Å²) in [7, 11) is 0. The Labute approximate surface area is 116 Å². The van der Waals surface area contributed by atoms with E-state index in [1.165, 1.54) is 37.7 Å². The summed E-state index contributed by atoms with van der Waals surface area (Å²) in [5.41, 5.74) is 2.62. The third kappa shape index (κ3) is 4.70. The van der Waals surface area contributed by atoms with Gasteiger partial charge in [0.25, 0.3) is 0 Å². The smallest absolute Gasteiger partial charge is 0.117 e. The van der Waals surface area contributed by atoms with E-state index in [-0.39, 0.29) is 0 Å². The summed E-state index contributed by atoms with van der Waals surface area (Å²) < 4.78 is 0. The Morgan fingerprint density at radius 2 is 2.11 bits per heavy atom. The molecule has 0 saturated heterocycles. The standard InChI is InChI=1S/C17H25NO/c1-2-3-12-19-18-14-15-8-7-11-17(13-15)16-9-5-4-6-10-16/h7-8,11,13-14,16H,2-6,9-10,12H2,1H3. The molecule has 0 unspecified atom stereocenters. The van der Waals surface area contributed by atoms with Crippen molar-refractivity contribution in [2.45, 2.75) is 57.8 Å². The Hall–Kier alpha value is -1.31. The predicted octanol–water partition coefficient (Wildman–Crippen LogP) is 4.88. The van der Waals surface area contributed by atoms with Crippen LogP contribution in [0.4, 0.5) is 0 Å². The van der Waals surface area contributed by atoms with Crippen LogP contribution >= 0.6 is 0 Å². The largest absolute Gasteiger partial charge is 0.396 e. The molecule has 0 aliphatic heterocycles. The lowest BCUT2D eigenvalue weighted by Crippen LogP contribution is -2.04. The summed E-state index contributed by atoms with van der Waals surface area (Å²) in [4.78, 5) is 5.23. The highest BCUT2D eigenvalue weighted by atomic mass is 16.6. The van der Waals surface area contributed by atoms with Gasteiger partial charge in [-0.15, -0.1) is 0 Å². The van der Waals surface area contributed by atoms with Gasteiger partial charge in [0.2, 0.25) is 0 Å². The number of benzene rings is 1. The maximum atomic E-state index is 5.23. The van der Waals surface area contributed by atoms with Gasteiger partial charge in [0.15, 0.2) is 0 Å².